The highest BCUT2D eigenvalue weighted by molar-refractivity contribution is 5.91. The summed E-state index contributed by atoms with van der Waals surface area (Å²) < 4.78 is 1.04. The van der Waals surface area contributed by atoms with Crippen molar-refractivity contribution in [3.63, 3.8) is 0 Å². The van der Waals surface area contributed by atoms with Gasteiger partial charge in [0.1, 0.15) is 17.6 Å². The molecule has 1 unspecified atom stereocenters. The van der Waals surface area contributed by atoms with Crippen LogP contribution < -0.4 is 17.0 Å². The van der Waals surface area contributed by atoms with Gasteiger partial charge in [-0.25, -0.2) is 4.98 Å². The summed E-state index contributed by atoms with van der Waals surface area (Å²) in [5, 5.41) is 18.3. The number of phenols is 1. The Morgan fingerprint density at radius 1 is 1.39 bits per heavy atom. The predicted octanol–water partition coefficient (Wildman–Crippen LogP) is -0.116. The summed E-state index contributed by atoms with van der Waals surface area (Å²) >= 11 is 0. The number of amides is 1. The van der Waals surface area contributed by atoms with E-state index >= 15 is 0 Å². The molecule has 0 spiro atoms. The summed E-state index contributed by atoms with van der Waals surface area (Å²) in [4.78, 5) is 39.2. The molecule has 0 saturated carbocycles. The van der Waals surface area contributed by atoms with Crippen molar-refractivity contribution >= 4 is 28.5 Å². The van der Waals surface area contributed by atoms with Crippen molar-refractivity contribution in [3.8, 4) is 5.75 Å². The first-order valence-electron chi connectivity index (χ1n) is 6.74. The lowest BCUT2D eigenvalue weighted by atomic mass is 10.1. The number of hydrogen-bond donors (Lipinski definition) is 4. The maximum Gasteiger partial charge on any atom is 0.303 e. The van der Waals surface area contributed by atoms with E-state index in [-0.39, 0.29) is 41.0 Å². The second-order valence-corrected chi connectivity index (χ2v) is 5.11. The van der Waals surface area contributed by atoms with Gasteiger partial charge in [0.15, 0.2) is 0 Å². The largest absolute Gasteiger partial charge is 0.508 e. The number of aryl methyl sites for hydroxylation is 1. The monoisotopic (exact) mass is 320 g/mol. The van der Waals surface area contributed by atoms with Gasteiger partial charge in [-0.3, -0.25) is 19.0 Å². The highest BCUT2D eigenvalue weighted by atomic mass is 16.4. The Bertz CT molecular complexity index is 858. The summed E-state index contributed by atoms with van der Waals surface area (Å²) in [6, 6.07) is 1.33. The molecule has 0 saturated heterocycles. The molecule has 2 rings (SSSR count). The minimum atomic E-state index is -1.15. The molecular weight excluding hydrogens is 304 g/mol. The molecule has 1 aromatic carbocycles. The van der Waals surface area contributed by atoms with Crippen LogP contribution in [0.25, 0.3) is 10.9 Å². The number of carbonyl (C=O) groups is 2. The zero-order valence-corrected chi connectivity index (χ0v) is 12.3. The molecule has 0 fully saturated rings. The number of hydrogen-bond acceptors (Lipinski definition) is 6. The van der Waals surface area contributed by atoms with Gasteiger partial charge in [0.25, 0.3) is 5.56 Å². The maximum absolute atomic E-state index is 12.7. The second kappa shape index (κ2) is 5.95. The first-order chi connectivity index (χ1) is 10.7. The fourth-order valence-electron chi connectivity index (χ4n) is 2.48. The van der Waals surface area contributed by atoms with Gasteiger partial charge in [-0.2, -0.15) is 0 Å². The number of benzene rings is 1. The number of rotatable bonds is 5. The molecule has 0 radical (unpaired) electrons. The fraction of sp³-hybridized carbons (Fsp3) is 0.286. The first kappa shape index (κ1) is 16.3. The van der Waals surface area contributed by atoms with Gasteiger partial charge in [-0.15, -0.1) is 0 Å². The van der Waals surface area contributed by atoms with E-state index < -0.39 is 23.5 Å². The molecule has 9 nitrogen and oxygen atoms in total. The van der Waals surface area contributed by atoms with Crippen molar-refractivity contribution in [3.05, 3.63) is 28.3 Å². The Hall–Kier alpha value is -3.10. The van der Waals surface area contributed by atoms with E-state index in [4.69, 9.17) is 16.6 Å². The number of primary amides is 1. The van der Waals surface area contributed by atoms with E-state index in [1.54, 1.807) is 0 Å². The molecule has 9 heteroatoms. The van der Waals surface area contributed by atoms with Gasteiger partial charge in [-0.05, 0) is 13.3 Å². The molecule has 0 aliphatic carbocycles. The third-order valence-corrected chi connectivity index (χ3v) is 3.47. The molecule has 122 valence electrons. The molecule has 1 aromatic heterocycles. The van der Waals surface area contributed by atoms with Crippen molar-refractivity contribution in [1.82, 2.24) is 9.55 Å². The van der Waals surface area contributed by atoms with Gasteiger partial charge in [0.2, 0.25) is 5.91 Å². The van der Waals surface area contributed by atoms with Crippen molar-refractivity contribution in [1.29, 1.82) is 0 Å². The van der Waals surface area contributed by atoms with Gasteiger partial charge in [0, 0.05) is 18.6 Å². The van der Waals surface area contributed by atoms with Crippen molar-refractivity contribution < 1.29 is 19.8 Å². The number of carbonyl (C=O) groups excluding carboxylic acids is 1. The van der Waals surface area contributed by atoms with Gasteiger partial charge < -0.3 is 21.7 Å². The Morgan fingerprint density at radius 3 is 2.61 bits per heavy atom. The Balaban J connectivity index is 2.70. The quantitative estimate of drug-likeness (QED) is 0.558. The van der Waals surface area contributed by atoms with Crippen LogP contribution >= 0.6 is 0 Å². The SMILES string of the molecule is Cc1nc2cc(O)cc(N)c2c(=O)n1C(CCC(=O)O)C(N)=O. The number of nitrogens with zero attached hydrogens (tertiary/aromatic N) is 2. The number of carboxylic acid groups (broad SMARTS) is 1. The van der Waals surface area contributed by atoms with Crippen LogP contribution in [0.2, 0.25) is 0 Å². The number of anilines is 1. The Labute approximate surface area is 130 Å². The third kappa shape index (κ3) is 3.07. The summed E-state index contributed by atoms with van der Waals surface area (Å²) in [7, 11) is 0. The summed E-state index contributed by atoms with van der Waals surface area (Å²) in [5.74, 6) is -1.92. The molecule has 23 heavy (non-hydrogen) atoms. The zero-order valence-electron chi connectivity index (χ0n) is 12.3. The summed E-state index contributed by atoms with van der Waals surface area (Å²) in [6.45, 7) is 1.48. The second-order valence-electron chi connectivity index (χ2n) is 5.11. The van der Waals surface area contributed by atoms with Crippen molar-refractivity contribution in [2.45, 2.75) is 25.8 Å². The van der Waals surface area contributed by atoms with E-state index in [1.807, 2.05) is 0 Å². The zero-order chi connectivity index (χ0) is 17.3. The van der Waals surface area contributed by atoms with E-state index in [2.05, 4.69) is 4.98 Å². The van der Waals surface area contributed by atoms with Crippen LogP contribution in [-0.2, 0) is 9.59 Å². The van der Waals surface area contributed by atoms with Crippen LogP contribution in [-0.4, -0.2) is 31.6 Å². The summed E-state index contributed by atoms with van der Waals surface area (Å²) in [6.07, 6.45) is -0.473. The molecule has 1 heterocycles. The number of aliphatic carboxylic acids is 1. The topological polar surface area (TPSA) is 162 Å². The molecule has 0 bridgehead atoms. The molecule has 6 N–H and O–H groups in total. The van der Waals surface area contributed by atoms with E-state index in [9.17, 15) is 19.5 Å². The predicted molar refractivity (Wildman–Crippen MR) is 81.9 cm³/mol. The van der Waals surface area contributed by atoms with Crippen molar-refractivity contribution in [2.75, 3.05) is 5.73 Å². The minimum Gasteiger partial charge on any atom is -0.508 e. The molecular formula is C14H16N4O5. The van der Waals surface area contributed by atoms with E-state index in [0.29, 0.717) is 0 Å². The standard InChI is InChI=1S/C14H16N4O5/c1-6-17-9-5-7(19)4-8(15)12(9)14(23)18(6)10(13(16)22)2-3-11(20)21/h4-5,10,19H,2-3,15H2,1H3,(H2,16,22)(H,20,21). The number of nitrogen functional groups attached to an aromatic ring is 1. The van der Waals surface area contributed by atoms with E-state index in [0.717, 1.165) is 4.57 Å². The number of aromatic hydroxyl groups is 1. The third-order valence-electron chi connectivity index (χ3n) is 3.47. The number of fused-ring (bicyclic) bond motifs is 1. The smallest absolute Gasteiger partial charge is 0.303 e. The van der Waals surface area contributed by atoms with Crippen molar-refractivity contribution in [2.24, 2.45) is 5.73 Å². The van der Waals surface area contributed by atoms with Crippen LogP contribution in [0.15, 0.2) is 16.9 Å². The van der Waals surface area contributed by atoms with Crippen LogP contribution in [0.1, 0.15) is 24.7 Å². The van der Waals surface area contributed by atoms with E-state index in [1.165, 1.54) is 19.1 Å². The van der Waals surface area contributed by atoms with Crippen LogP contribution in [0.3, 0.4) is 0 Å². The molecule has 0 aliphatic rings. The fourth-order valence-corrected chi connectivity index (χ4v) is 2.48. The highest BCUT2D eigenvalue weighted by Gasteiger charge is 2.24. The average Bonchev–Trinajstić information content (AvgIpc) is 2.40. The van der Waals surface area contributed by atoms with Gasteiger partial charge in [-0.1, -0.05) is 0 Å². The lowest BCUT2D eigenvalue weighted by molar-refractivity contribution is -0.137. The summed E-state index contributed by atoms with van der Waals surface area (Å²) in [5.41, 5.74) is 10.6. The highest BCUT2D eigenvalue weighted by Crippen LogP contribution is 2.24. The molecule has 2 aromatic rings. The number of carboxylic acids is 1. The van der Waals surface area contributed by atoms with Crippen LogP contribution in [0.5, 0.6) is 5.75 Å². The maximum atomic E-state index is 12.7. The minimum absolute atomic E-state index is 0.00713. The normalized spacial score (nSPS) is 12.2. The Kier molecular flexibility index (Phi) is 4.21. The molecule has 1 atom stereocenters. The number of nitrogens with two attached hydrogens (primary N) is 2. The lowest BCUT2D eigenvalue weighted by Crippen LogP contribution is -2.36. The van der Waals surface area contributed by atoms with Crippen LogP contribution in [0, 0.1) is 6.92 Å². The number of aromatic nitrogens is 2. The number of phenolic OH excluding ortho intramolecular Hbond substituents is 1. The van der Waals surface area contributed by atoms with Gasteiger partial charge in [0.05, 0.1) is 16.6 Å². The lowest BCUT2D eigenvalue weighted by Gasteiger charge is -2.19. The first-order valence-corrected chi connectivity index (χ1v) is 6.74. The van der Waals surface area contributed by atoms with Gasteiger partial charge >= 0.3 is 5.97 Å². The Morgan fingerprint density at radius 2 is 2.04 bits per heavy atom. The van der Waals surface area contributed by atoms with Crippen LogP contribution in [0.4, 0.5) is 5.69 Å². The average molecular weight is 320 g/mol. The molecule has 0 aliphatic heterocycles. The molecule has 1 amide bonds.